The van der Waals surface area contributed by atoms with E-state index in [1.807, 2.05) is 0 Å². The van der Waals surface area contributed by atoms with Gasteiger partial charge in [-0.3, -0.25) is 9.78 Å². The van der Waals surface area contributed by atoms with Gasteiger partial charge in [0.15, 0.2) is 0 Å². The van der Waals surface area contributed by atoms with Crippen LogP contribution in [0.2, 0.25) is 0 Å². The molecule has 1 heterocycles. The molecule has 2 N–H and O–H groups in total. The second-order valence-corrected chi connectivity index (χ2v) is 5.69. The lowest BCUT2D eigenvalue weighted by atomic mass is 10.0. The fraction of sp³-hybridized carbons (Fsp3) is 0.625. The molecule has 112 valence electrons. The minimum absolute atomic E-state index is 0.0257. The predicted octanol–water partition coefficient (Wildman–Crippen LogP) is 3.46. The first kappa shape index (κ1) is 16.5. The van der Waals surface area contributed by atoms with Crippen molar-refractivity contribution in [1.82, 2.24) is 10.3 Å². The van der Waals surface area contributed by atoms with Gasteiger partial charge in [0.05, 0.1) is 17.4 Å². The molecule has 0 aliphatic heterocycles. The fourth-order valence-corrected chi connectivity index (χ4v) is 1.95. The molecular weight excluding hydrogens is 250 g/mol. The number of pyridine rings is 1. The molecule has 0 aromatic carbocycles. The molecule has 1 aromatic rings. The topological polar surface area (TPSA) is 54.0 Å². The van der Waals surface area contributed by atoms with Crippen molar-refractivity contribution >= 4 is 11.6 Å². The Labute approximate surface area is 122 Å². The number of hydrogen-bond donors (Lipinski definition) is 2. The van der Waals surface area contributed by atoms with E-state index in [0.29, 0.717) is 11.5 Å². The first-order valence-corrected chi connectivity index (χ1v) is 7.53. The number of amides is 1. The Hall–Kier alpha value is -1.58. The van der Waals surface area contributed by atoms with Crippen LogP contribution in [0.3, 0.4) is 0 Å². The van der Waals surface area contributed by atoms with Crippen LogP contribution in [-0.4, -0.2) is 23.5 Å². The Bertz CT molecular complexity index is 418. The maximum Gasteiger partial charge on any atom is 0.253 e. The molecule has 1 rings (SSSR count). The first-order chi connectivity index (χ1) is 9.54. The van der Waals surface area contributed by atoms with E-state index >= 15 is 0 Å². The highest BCUT2D eigenvalue weighted by Gasteiger charge is 2.13. The van der Waals surface area contributed by atoms with E-state index in [9.17, 15) is 4.79 Å². The minimum atomic E-state index is -0.0257. The summed E-state index contributed by atoms with van der Waals surface area (Å²) in [5, 5.41) is 6.31. The van der Waals surface area contributed by atoms with E-state index in [1.54, 1.807) is 18.5 Å². The molecule has 1 amide bonds. The summed E-state index contributed by atoms with van der Waals surface area (Å²) in [7, 11) is 0. The van der Waals surface area contributed by atoms with Gasteiger partial charge in [-0.05, 0) is 38.2 Å². The second-order valence-electron chi connectivity index (χ2n) is 5.69. The largest absolute Gasteiger partial charge is 0.383 e. The number of aromatic nitrogens is 1. The highest BCUT2D eigenvalue weighted by atomic mass is 16.1. The molecular formula is C16H27N3O. The fourth-order valence-electron chi connectivity index (χ4n) is 1.95. The average molecular weight is 277 g/mol. The summed E-state index contributed by atoms with van der Waals surface area (Å²) in [5.74, 6) is 0.638. The number of hydrogen-bond acceptors (Lipinski definition) is 3. The van der Waals surface area contributed by atoms with Crippen molar-refractivity contribution in [3.05, 3.63) is 24.0 Å². The van der Waals surface area contributed by atoms with Crippen molar-refractivity contribution in [2.75, 3.05) is 11.9 Å². The van der Waals surface area contributed by atoms with Gasteiger partial charge in [0.25, 0.3) is 5.91 Å². The lowest BCUT2D eigenvalue weighted by molar-refractivity contribution is 0.0938. The van der Waals surface area contributed by atoms with E-state index < -0.39 is 0 Å². The predicted molar refractivity (Wildman–Crippen MR) is 84.0 cm³/mol. The standard InChI is InChI=1S/C16H27N3O/c1-5-9-18-15-11-17-10-8-14(15)16(20)19-13(4)7-6-12(2)3/h8,10-13,18H,5-7,9H2,1-4H3,(H,19,20). The average Bonchev–Trinajstić information content (AvgIpc) is 2.43. The maximum absolute atomic E-state index is 12.3. The molecule has 0 saturated carbocycles. The normalized spacial score (nSPS) is 12.2. The van der Waals surface area contributed by atoms with Gasteiger partial charge in [-0.1, -0.05) is 20.8 Å². The first-order valence-electron chi connectivity index (χ1n) is 7.53. The Morgan fingerprint density at radius 2 is 2.05 bits per heavy atom. The van der Waals surface area contributed by atoms with Gasteiger partial charge < -0.3 is 10.6 Å². The Morgan fingerprint density at radius 1 is 1.30 bits per heavy atom. The summed E-state index contributed by atoms with van der Waals surface area (Å²) in [6.07, 6.45) is 6.51. The highest BCUT2D eigenvalue weighted by Crippen LogP contribution is 2.14. The zero-order valence-electron chi connectivity index (χ0n) is 13.1. The molecule has 1 aromatic heterocycles. The molecule has 0 fully saturated rings. The van der Waals surface area contributed by atoms with Crippen LogP contribution in [0, 0.1) is 5.92 Å². The third-order valence-corrected chi connectivity index (χ3v) is 3.19. The van der Waals surface area contributed by atoms with E-state index in [-0.39, 0.29) is 11.9 Å². The lowest BCUT2D eigenvalue weighted by Gasteiger charge is -2.16. The third kappa shape index (κ3) is 5.59. The van der Waals surface area contributed by atoms with Crippen LogP contribution >= 0.6 is 0 Å². The maximum atomic E-state index is 12.3. The van der Waals surface area contributed by atoms with Crippen molar-refractivity contribution in [2.45, 2.75) is 53.0 Å². The smallest absolute Gasteiger partial charge is 0.253 e. The SMILES string of the molecule is CCCNc1cnccc1C(=O)NC(C)CCC(C)C. The number of carbonyl (C=O) groups is 1. The number of nitrogens with zero attached hydrogens (tertiary/aromatic N) is 1. The molecule has 1 unspecified atom stereocenters. The quantitative estimate of drug-likeness (QED) is 0.765. The third-order valence-electron chi connectivity index (χ3n) is 3.19. The summed E-state index contributed by atoms with van der Waals surface area (Å²) >= 11 is 0. The number of rotatable bonds is 8. The molecule has 4 nitrogen and oxygen atoms in total. The molecule has 0 radical (unpaired) electrons. The lowest BCUT2D eigenvalue weighted by Crippen LogP contribution is -2.33. The van der Waals surface area contributed by atoms with E-state index in [0.717, 1.165) is 31.5 Å². The van der Waals surface area contributed by atoms with E-state index in [2.05, 4.69) is 43.3 Å². The summed E-state index contributed by atoms with van der Waals surface area (Å²) in [6.45, 7) is 9.39. The Balaban J connectivity index is 2.62. The minimum Gasteiger partial charge on any atom is -0.383 e. The Kier molecular flexibility index (Phi) is 7.05. The summed E-state index contributed by atoms with van der Waals surface area (Å²) in [6, 6.07) is 1.96. The van der Waals surface area contributed by atoms with Gasteiger partial charge >= 0.3 is 0 Å². The van der Waals surface area contributed by atoms with Crippen LogP contribution in [0.5, 0.6) is 0 Å². The van der Waals surface area contributed by atoms with Crippen molar-refractivity contribution in [1.29, 1.82) is 0 Å². The van der Waals surface area contributed by atoms with Crippen molar-refractivity contribution in [3.8, 4) is 0 Å². The number of nitrogens with one attached hydrogen (secondary N) is 2. The summed E-state index contributed by atoms with van der Waals surface area (Å²) in [4.78, 5) is 16.4. The van der Waals surface area contributed by atoms with Gasteiger partial charge in [0.2, 0.25) is 0 Å². The van der Waals surface area contributed by atoms with Crippen LogP contribution in [0.4, 0.5) is 5.69 Å². The zero-order valence-corrected chi connectivity index (χ0v) is 13.1. The second kappa shape index (κ2) is 8.56. The van der Waals surface area contributed by atoms with Crippen molar-refractivity contribution in [2.24, 2.45) is 5.92 Å². The van der Waals surface area contributed by atoms with Crippen LogP contribution in [-0.2, 0) is 0 Å². The van der Waals surface area contributed by atoms with E-state index in [1.165, 1.54) is 0 Å². The number of anilines is 1. The molecule has 0 aliphatic rings. The van der Waals surface area contributed by atoms with Gasteiger partial charge in [-0.2, -0.15) is 0 Å². The van der Waals surface area contributed by atoms with Crippen LogP contribution in [0.15, 0.2) is 18.5 Å². The van der Waals surface area contributed by atoms with Crippen molar-refractivity contribution in [3.63, 3.8) is 0 Å². The van der Waals surface area contributed by atoms with Gasteiger partial charge in [-0.25, -0.2) is 0 Å². The highest BCUT2D eigenvalue weighted by molar-refractivity contribution is 5.99. The molecule has 0 bridgehead atoms. The van der Waals surface area contributed by atoms with Gasteiger partial charge in [0.1, 0.15) is 0 Å². The van der Waals surface area contributed by atoms with Crippen molar-refractivity contribution < 1.29 is 4.79 Å². The molecule has 1 atom stereocenters. The molecule has 0 aliphatic carbocycles. The van der Waals surface area contributed by atoms with E-state index in [4.69, 9.17) is 0 Å². The van der Waals surface area contributed by atoms with Gasteiger partial charge in [0, 0.05) is 18.8 Å². The van der Waals surface area contributed by atoms with Crippen LogP contribution < -0.4 is 10.6 Å². The monoisotopic (exact) mass is 277 g/mol. The molecule has 4 heteroatoms. The zero-order chi connectivity index (χ0) is 15.0. The Morgan fingerprint density at radius 3 is 2.70 bits per heavy atom. The summed E-state index contributed by atoms with van der Waals surface area (Å²) < 4.78 is 0. The van der Waals surface area contributed by atoms with Crippen LogP contribution in [0.1, 0.15) is 57.3 Å². The molecule has 0 saturated heterocycles. The van der Waals surface area contributed by atoms with Gasteiger partial charge in [-0.15, -0.1) is 0 Å². The molecule has 0 spiro atoms. The molecule has 20 heavy (non-hydrogen) atoms. The summed E-state index contributed by atoms with van der Waals surface area (Å²) in [5.41, 5.74) is 1.48. The number of carbonyl (C=O) groups excluding carboxylic acids is 1. The van der Waals surface area contributed by atoms with Crippen LogP contribution in [0.25, 0.3) is 0 Å².